The van der Waals surface area contributed by atoms with Crippen LogP contribution in [0.3, 0.4) is 0 Å². The lowest BCUT2D eigenvalue weighted by molar-refractivity contribution is 0.176. The summed E-state index contributed by atoms with van der Waals surface area (Å²) in [5.74, 6) is 0.949. The standard InChI is InChI=1S/C17H16Br2O2/c1-10-14(3-2-4-15(10)19)16(20)9-12-8-13(18)7-11-5-6-21-17(11)12/h2-4,7-8,16,20H,5-6,9H2,1H3. The van der Waals surface area contributed by atoms with Crippen LogP contribution in [-0.2, 0) is 12.8 Å². The molecule has 4 heteroatoms. The Morgan fingerprint density at radius 1 is 1.29 bits per heavy atom. The Hall–Kier alpha value is -0.840. The van der Waals surface area contributed by atoms with Gasteiger partial charge in [0.2, 0.25) is 0 Å². The quantitative estimate of drug-likeness (QED) is 0.790. The van der Waals surface area contributed by atoms with Crippen LogP contribution >= 0.6 is 31.9 Å². The van der Waals surface area contributed by atoms with Gasteiger partial charge in [-0.25, -0.2) is 0 Å². The van der Waals surface area contributed by atoms with Gasteiger partial charge in [-0.2, -0.15) is 0 Å². The van der Waals surface area contributed by atoms with Crippen molar-refractivity contribution in [2.75, 3.05) is 6.61 Å². The number of fused-ring (bicyclic) bond motifs is 1. The highest BCUT2D eigenvalue weighted by atomic mass is 79.9. The molecule has 0 spiro atoms. The summed E-state index contributed by atoms with van der Waals surface area (Å²) in [6, 6.07) is 10.1. The maximum absolute atomic E-state index is 10.6. The third-order valence-corrected chi connectivity index (χ3v) is 5.22. The summed E-state index contributed by atoms with van der Waals surface area (Å²) in [5.41, 5.74) is 4.31. The van der Waals surface area contributed by atoms with E-state index in [0.29, 0.717) is 6.42 Å². The van der Waals surface area contributed by atoms with Crippen LogP contribution in [0, 0.1) is 6.92 Å². The first kappa shape index (κ1) is 15.1. The second-order valence-electron chi connectivity index (χ2n) is 5.33. The molecule has 1 unspecified atom stereocenters. The maximum atomic E-state index is 10.6. The Kier molecular flexibility index (Phi) is 4.38. The number of hydrogen-bond acceptors (Lipinski definition) is 2. The molecule has 110 valence electrons. The second-order valence-corrected chi connectivity index (χ2v) is 7.10. The fraction of sp³-hybridized carbons (Fsp3) is 0.294. The van der Waals surface area contributed by atoms with Crippen molar-refractivity contribution in [3.8, 4) is 5.75 Å². The molecular formula is C17H16Br2O2. The molecule has 0 amide bonds. The summed E-state index contributed by atoms with van der Waals surface area (Å²) in [7, 11) is 0. The predicted molar refractivity (Wildman–Crippen MR) is 90.9 cm³/mol. The van der Waals surface area contributed by atoms with E-state index in [-0.39, 0.29) is 0 Å². The van der Waals surface area contributed by atoms with Gasteiger partial charge >= 0.3 is 0 Å². The molecule has 0 aromatic heterocycles. The van der Waals surface area contributed by atoms with Gasteiger partial charge in [0.1, 0.15) is 5.75 Å². The molecule has 1 atom stereocenters. The van der Waals surface area contributed by atoms with E-state index in [1.54, 1.807) is 0 Å². The number of aliphatic hydroxyl groups is 1. The molecule has 0 bridgehead atoms. The van der Waals surface area contributed by atoms with Gasteiger partial charge in [-0.3, -0.25) is 0 Å². The zero-order valence-corrected chi connectivity index (χ0v) is 14.9. The monoisotopic (exact) mass is 410 g/mol. The molecule has 1 heterocycles. The summed E-state index contributed by atoms with van der Waals surface area (Å²) in [6.45, 7) is 2.75. The van der Waals surface area contributed by atoms with Crippen LogP contribution in [0.5, 0.6) is 5.75 Å². The van der Waals surface area contributed by atoms with Crippen molar-refractivity contribution >= 4 is 31.9 Å². The normalized spacial score (nSPS) is 14.7. The Morgan fingerprint density at radius 3 is 2.90 bits per heavy atom. The first-order valence-electron chi connectivity index (χ1n) is 6.93. The maximum Gasteiger partial charge on any atom is 0.125 e. The average molecular weight is 412 g/mol. The van der Waals surface area contributed by atoms with Gasteiger partial charge in [-0.1, -0.05) is 44.0 Å². The van der Waals surface area contributed by atoms with E-state index in [2.05, 4.69) is 37.9 Å². The van der Waals surface area contributed by atoms with Crippen molar-refractivity contribution in [3.05, 3.63) is 61.5 Å². The van der Waals surface area contributed by atoms with Crippen molar-refractivity contribution in [3.63, 3.8) is 0 Å². The number of benzene rings is 2. The van der Waals surface area contributed by atoms with Crippen molar-refractivity contribution in [1.29, 1.82) is 0 Å². The van der Waals surface area contributed by atoms with Crippen LogP contribution in [0.15, 0.2) is 39.3 Å². The molecule has 1 aliphatic heterocycles. The van der Waals surface area contributed by atoms with Crippen molar-refractivity contribution in [2.45, 2.75) is 25.9 Å². The molecule has 1 aliphatic rings. The number of rotatable bonds is 3. The Labute approximate surface area is 141 Å². The summed E-state index contributed by atoms with van der Waals surface area (Å²) in [5, 5.41) is 10.6. The van der Waals surface area contributed by atoms with Crippen LogP contribution < -0.4 is 4.74 Å². The van der Waals surface area contributed by atoms with Crippen molar-refractivity contribution in [1.82, 2.24) is 0 Å². The fourth-order valence-electron chi connectivity index (χ4n) is 2.80. The van der Waals surface area contributed by atoms with Gasteiger partial charge in [0, 0.05) is 21.8 Å². The molecule has 2 aromatic rings. The lowest BCUT2D eigenvalue weighted by Crippen LogP contribution is -2.05. The van der Waals surface area contributed by atoms with Crippen LogP contribution in [0.25, 0.3) is 0 Å². The van der Waals surface area contributed by atoms with Gasteiger partial charge in [0.15, 0.2) is 0 Å². The van der Waals surface area contributed by atoms with Crippen LogP contribution in [-0.4, -0.2) is 11.7 Å². The molecule has 0 saturated heterocycles. The zero-order valence-electron chi connectivity index (χ0n) is 11.7. The molecular weight excluding hydrogens is 396 g/mol. The number of aliphatic hydroxyl groups excluding tert-OH is 1. The molecule has 2 aromatic carbocycles. The second kappa shape index (κ2) is 6.11. The zero-order chi connectivity index (χ0) is 15.0. The Balaban J connectivity index is 1.92. The van der Waals surface area contributed by atoms with Gasteiger partial charge in [-0.15, -0.1) is 0 Å². The Morgan fingerprint density at radius 2 is 2.10 bits per heavy atom. The van der Waals surface area contributed by atoms with Crippen molar-refractivity contribution < 1.29 is 9.84 Å². The number of hydrogen-bond donors (Lipinski definition) is 1. The SMILES string of the molecule is Cc1c(Br)cccc1C(O)Cc1cc(Br)cc2c1OCC2. The Bertz CT molecular complexity index is 683. The minimum atomic E-state index is -0.537. The molecule has 2 nitrogen and oxygen atoms in total. The molecule has 21 heavy (non-hydrogen) atoms. The molecule has 0 radical (unpaired) electrons. The van der Waals surface area contributed by atoms with Crippen molar-refractivity contribution in [2.24, 2.45) is 0 Å². The molecule has 1 N–H and O–H groups in total. The summed E-state index contributed by atoms with van der Waals surface area (Å²) >= 11 is 7.06. The van der Waals surface area contributed by atoms with E-state index < -0.39 is 6.10 Å². The van der Waals surface area contributed by atoms with E-state index in [9.17, 15) is 5.11 Å². The van der Waals surface area contributed by atoms with E-state index in [4.69, 9.17) is 4.74 Å². The average Bonchev–Trinajstić information content (AvgIpc) is 2.90. The summed E-state index contributed by atoms with van der Waals surface area (Å²) in [6.07, 6.45) is 0.956. The summed E-state index contributed by atoms with van der Waals surface area (Å²) < 4.78 is 7.80. The molecule has 0 fully saturated rings. The molecule has 0 saturated carbocycles. The van der Waals surface area contributed by atoms with Gasteiger partial charge in [0.25, 0.3) is 0 Å². The highest BCUT2D eigenvalue weighted by molar-refractivity contribution is 9.10. The third-order valence-electron chi connectivity index (χ3n) is 3.91. The van der Waals surface area contributed by atoms with Crippen LogP contribution in [0.1, 0.15) is 28.4 Å². The van der Waals surface area contributed by atoms with E-state index in [1.165, 1.54) is 5.56 Å². The predicted octanol–water partition coefficient (Wildman–Crippen LogP) is 4.73. The number of ether oxygens (including phenoxy) is 1. The number of halogens is 2. The first-order valence-corrected chi connectivity index (χ1v) is 8.52. The largest absolute Gasteiger partial charge is 0.493 e. The van der Waals surface area contributed by atoms with E-state index in [1.807, 2.05) is 31.2 Å². The first-order chi connectivity index (χ1) is 10.1. The minimum absolute atomic E-state index is 0.537. The topological polar surface area (TPSA) is 29.5 Å². The molecule has 0 aliphatic carbocycles. The smallest absolute Gasteiger partial charge is 0.125 e. The highest BCUT2D eigenvalue weighted by Crippen LogP contribution is 2.36. The highest BCUT2D eigenvalue weighted by Gasteiger charge is 2.21. The van der Waals surface area contributed by atoms with E-state index >= 15 is 0 Å². The fourth-order valence-corrected chi connectivity index (χ4v) is 3.74. The van der Waals surface area contributed by atoms with Crippen LogP contribution in [0.4, 0.5) is 0 Å². The minimum Gasteiger partial charge on any atom is -0.493 e. The summed E-state index contributed by atoms with van der Waals surface area (Å²) in [4.78, 5) is 0. The van der Waals surface area contributed by atoms with Gasteiger partial charge in [-0.05, 0) is 47.4 Å². The van der Waals surface area contributed by atoms with E-state index in [0.717, 1.165) is 44.4 Å². The lowest BCUT2D eigenvalue weighted by atomic mass is 9.96. The molecule has 3 rings (SSSR count). The third kappa shape index (κ3) is 3.03. The lowest BCUT2D eigenvalue weighted by Gasteiger charge is -2.17. The van der Waals surface area contributed by atoms with Crippen LogP contribution in [0.2, 0.25) is 0 Å². The van der Waals surface area contributed by atoms with Gasteiger partial charge in [0.05, 0.1) is 12.7 Å². The van der Waals surface area contributed by atoms with Gasteiger partial charge < -0.3 is 9.84 Å².